The molecule has 78 heavy (non-hydrogen) atoms. The molecule has 8 N–H and O–H groups in total. The third-order valence-corrected chi connectivity index (χ3v) is 16.0. The van der Waals surface area contributed by atoms with Crippen LogP contribution in [0.2, 0.25) is 5.02 Å². The van der Waals surface area contributed by atoms with Gasteiger partial charge in [0.15, 0.2) is 11.6 Å². The number of ether oxygens (including phenoxy) is 4. The standard InChI is InChI=1S/C53H71ClN11O12P/c1-2-3-4-5-6-7-8-9-10-11-12-13-14-15-16-17-24-71-28-38(72-27-37-19-18-36(26-55)25-39(37)54)29-73-78(70,74-30-42-46(66)48(68)52(32-56,76-42)44-22-20-40-50(58)60-34-62-64(40)44)75-31-43-47(67)49(69)53(33-57,77-43)45-23-21-41-51(59)61-35-63-65(41)45/h18-23,25,34-35,38,42-43,46-49,66-69H,2-17,24,27-31H2,1H3,(H2,58,60,62)(H2,59,61,63)/t38-,42-,43-,46-,47-,48-,49-,52+,53+/m1/s1. The smallest absolute Gasteiger partial charge is 0.387 e. The van der Waals surface area contributed by atoms with E-state index in [1.165, 1.54) is 116 Å². The van der Waals surface area contributed by atoms with Gasteiger partial charge in [0, 0.05) is 11.6 Å². The molecule has 0 unspecified atom stereocenters. The SMILES string of the molecule is CCCCCCCCCCCCCCCCCCOC[C@H](COP(=O)(OC[C@H]1O[C@@](C#N)(c2ccc3c(N)ncnn23)[C@H](O)[C@@H]1O)OC[C@H]1O[C@@](C#N)(c2ccc3c(N)ncnn23)[C@H](O)[C@@H]1O)OCc1ccc(C#N)cc1Cl. The number of hydrogen-bond donors (Lipinski definition) is 6. The number of nitriles is 3. The van der Waals surface area contributed by atoms with E-state index < -0.39 is 81.6 Å². The zero-order chi connectivity index (χ0) is 55.7. The maximum atomic E-state index is 15.0. The number of hydrogen-bond acceptors (Lipinski definition) is 21. The number of unbranched alkanes of at least 4 members (excludes halogenated alkanes) is 15. The fourth-order valence-corrected chi connectivity index (χ4v) is 11.2. The second-order valence-electron chi connectivity index (χ2n) is 19.8. The minimum absolute atomic E-state index is 0.00223. The molecule has 0 spiro atoms. The molecule has 0 radical (unpaired) electrons. The molecule has 2 aliphatic heterocycles. The van der Waals surface area contributed by atoms with E-state index in [1.807, 2.05) is 18.2 Å². The molecule has 422 valence electrons. The molecule has 0 bridgehead atoms. The molecule has 1 aromatic carbocycles. The highest BCUT2D eigenvalue weighted by Gasteiger charge is 2.59. The van der Waals surface area contributed by atoms with Gasteiger partial charge in [-0.1, -0.05) is 121 Å². The highest BCUT2D eigenvalue weighted by atomic mass is 35.5. The predicted molar refractivity (Wildman–Crippen MR) is 284 cm³/mol. The number of anilines is 2. The lowest BCUT2D eigenvalue weighted by molar-refractivity contribution is -0.0802. The van der Waals surface area contributed by atoms with Crippen LogP contribution in [0.5, 0.6) is 0 Å². The number of rotatable bonds is 33. The average Bonchev–Trinajstić information content (AvgIpc) is 4.32. The Morgan fingerprint density at radius 2 is 1.17 bits per heavy atom. The van der Waals surface area contributed by atoms with Crippen LogP contribution in [0.15, 0.2) is 55.1 Å². The summed E-state index contributed by atoms with van der Waals surface area (Å²) in [4.78, 5) is 7.90. The predicted octanol–water partition coefficient (Wildman–Crippen LogP) is 6.86. The van der Waals surface area contributed by atoms with E-state index in [0.717, 1.165) is 38.3 Å². The minimum Gasteiger partial charge on any atom is -0.387 e. The summed E-state index contributed by atoms with van der Waals surface area (Å²) in [5, 5.41) is 84.6. The topological polar surface area (TPSA) is 346 Å². The number of aliphatic hydroxyl groups is 4. The molecule has 0 saturated carbocycles. The summed E-state index contributed by atoms with van der Waals surface area (Å²) in [6.07, 6.45) is 10.3. The summed E-state index contributed by atoms with van der Waals surface area (Å²) in [7, 11) is -4.97. The van der Waals surface area contributed by atoms with Gasteiger partial charge in [0.2, 0.25) is 11.2 Å². The molecule has 25 heteroatoms. The van der Waals surface area contributed by atoms with Crippen molar-refractivity contribution in [2.45, 2.75) is 170 Å². The zero-order valence-electron chi connectivity index (χ0n) is 43.9. The van der Waals surface area contributed by atoms with Crippen molar-refractivity contribution in [1.82, 2.24) is 29.2 Å². The largest absolute Gasteiger partial charge is 0.475 e. The maximum absolute atomic E-state index is 15.0. The van der Waals surface area contributed by atoms with Crippen LogP contribution < -0.4 is 11.5 Å². The highest BCUT2D eigenvalue weighted by molar-refractivity contribution is 7.48. The van der Waals surface area contributed by atoms with Crippen molar-refractivity contribution in [3.8, 4) is 18.2 Å². The van der Waals surface area contributed by atoms with Crippen molar-refractivity contribution in [3.05, 3.63) is 82.7 Å². The van der Waals surface area contributed by atoms with Gasteiger partial charge < -0.3 is 50.8 Å². The van der Waals surface area contributed by atoms with Crippen LogP contribution in [-0.4, -0.2) is 125 Å². The molecular formula is C53H71ClN11O12P. The maximum Gasteiger partial charge on any atom is 0.475 e. The Bertz CT molecular complexity index is 2780. The number of aromatic nitrogens is 6. The first-order chi connectivity index (χ1) is 37.7. The molecule has 0 aliphatic carbocycles. The quantitative estimate of drug-likeness (QED) is 0.0184. The fraction of sp³-hybridized carbons (Fsp3) is 0.604. The van der Waals surface area contributed by atoms with Gasteiger partial charge in [-0.3, -0.25) is 13.6 Å². The summed E-state index contributed by atoms with van der Waals surface area (Å²) in [6.45, 7) is 0.314. The number of halogens is 1. The van der Waals surface area contributed by atoms with Crippen molar-refractivity contribution in [3.63, 3.8) is 0 Å². The van der Waals surface area contributed by atoms with E-state index in [-0.39, 0.29) is 52.3 Å². The Morgan fingerprint density at radius 3 is 1.62 bits per heavy atom. The second kappa shape index (κ2) is 28.7. The van der Waals surface area contributed by atoms with Crippen LogP contribution in [0.4, 0.5) is 11.6 Å². The van der Waals surface area contributed by atoms with Gasteiger partial charge >= 0.3 is 7.82 Å². The number of fused-ring (bicyclic) bond motifs is 2. The van der Waals surface area contributed by atoms with Crippen LogP contribution >= 0.6 is 19.4 Å². The molecule has 2 aliphatic rings. The van der Waals surface area contributed by atoms with Gasteiger partial charge in [-0.05, 0) is 48.4 Å². The number of aliphatic hydroxyl groups excluding tert-OH is 4. The molecule has 5 aromatic rings. The van der Waals surface area contributed by atoms with E-state index in [0.29, 0.717) is 17.7 Å². The van der Waals surface area contributed by atoms with Gasteiger partial charge in [-0.15, -0.1) is 0 Å². The number of nitrogens with two attached hydrogens (primary N) is 2. The van der Waals surface area contributed by atoms with Crippen LogP contribution in [0, 0.1) is 34.0 Å². The summed E-state index contributed by atoms with van der Waals surface area (Å²) in [5.41, 5.74) is 8.99. The van der Waals surface area contributed by atoms with Crippen molar-refractivity contribution in [2.75, 3.05) is 44.5 Å². The first-order valence-corrected chi connectivity index (χ1v) is 28.6. The van der Waals surface area contributed by atoms with Gasteiger partial charge in [0.05, 0.1) is 56.1 Å². The number of nitrogen functional groups attached to an aromatic ring is 2. The van der Waals surface area contributed by atoms with Gasteiger partial charge in [0.25, 0.3) is 0 Å². The summed E-state index contributed by atoms with van der Waals surface area (Å²) in [5.74, 6) is 0.133. The fourth-order valence-electron chi connectivity index (χ4n) is 9.77. The normalized spacial score (nSPS) is 23.7. The van der Waals surface area contributed by atoms with Gasteiger partial charge in [-0.2, -0.15) is 26.0 Å². The first-order valence-electron chi connectivity index (χ1n) is 26.7. The van der Waals surface area contributed by atoms with E-state index in [9.17, 15) is 40.8 Å². The monoisotopic (exact) mass is 1120 g/mol. The lowest BCUT2D eigenvalue weighted by Gasteiger charge is -2.26. The number of benzene rings is 1. The number of phosphoric ester groups is 1. The third-order valence-electron chi connectivity index (χ3n) is 14.3. The van der Waals surface area contributed by atoms with Crippen LogP contribution in [0.1, 0.15) is 132 Å². The van der Waals surface area contributed by atoms with Crippen molar-refractivity contribution in [1.29, 1.82) is 15.8 Å². The van der Waals surface area contributed by atoms with Gasteiger partial charge in [0.1, 0.15) is 78.6 Å². The van der Waals surface area contributed by atoms with Gasteiger partial charge in [-0.25, -0.2) is 23.6 Å². The molecule has 4 aromatic heterocycles. The van der Waals surface area contributed by atoms with Crippen molar-refractivity contribution < 1.29 is 57.5 Å². The summed E-state index contributed by atoms with van der Waals surface area (Å²) >= 11 is 6.50. The van der Waals surface area contributed by atoms with E-state index in [1.54, 1.807) is 12.1 Å². The molecular weight excluding hydrogens is 1050 g/mol. The number of phosphoric acid groups is 1. The molecule has 0 amide bonds. The molecule has 23 nitrogen and oxygen atoms in total. The highest BCUT2D eigenvalue weighted by Crippen LogP contribution is 2.52. The lowest BCUT2D eigenvalue weighted by Crippen LogP contribution is -2.41. The van der Waals surface area contributed by atoms with Crippen molar-refractivity contribution >= 4 is 42.1 Å². The second-order valence-corrected chi connectivity index (χ2v) is 21.8. The Kier molecular flexibility index (Phi) is 22.1. The Balaban J connectivity index is 1.02. The average molecular weight is 1120 g/mol. The van der Waals surface area contributed by atoms with E-state index >= 15 is 0 Å². The Labute approximate surface area is 458 Å². The number of nitrogens with zero attached hydrogens (tertiary/aromatic N) is 9. The molecule has 2 fully saturated rings. The lowest BCUT2D eigenvalue weighted by atomic mass is 9.92. The van der Waals surface area contributed by atoms with Crippen LogP contribution in [-0.2, 0) is 54.9 Å². The third kappa shape index (κ3) is 14.3. The van der Waals surface area contributed by atoms with Crippen LogP contribution in [0.3, 0.4) is 0 Å². The minimum atomic E-state index is -4.97. The Morgan fingerprint density at radius 1 is 0.692 bits per heavy atom. The summed E-state index contributed by atoms with van der Waals surface area (Å²) < 4.78 is 59.5. The van der Waals surface area contributed by atoms with E-state index in [4.69, 9.17) is 55.6 Å². The van der Waals surface area contributed by atoms with Crippen molar-refractivity contribution in [2.24, 2.45) is 0 Å². The Hall–Kier alpha value is -5.39. The molecule has 9 atom stereocenters. The first kappa shape index (κ1) is 60.3. The van der Waals surface area contributed by atoms with E-state index in [2.05, 4.69) is 27.1 Å². The zero-order valence-corrected chi connectivity index (χ0v) is 45.5. The molecule has 2 saturated heterocycles. The van der Waals surface area contributed by atoms with Crippen LogP contribution in [0.25, 0.3) is 11.0 Å². The molecule has 7 rings (SSSR count). The summed E-state index contributed by atoms with van der Waals surface area (Å²) in [6, 6.07) is 16.5. The molecule has 6 heterocycles.